The maximum absolute atomic E-state index is 13.3. The zero-order chi connectivity index (χ0) is 17.2. The lowest BCUT2D eigenvalue weighted by atomic mass is 10.2. The molecular weight excluding hydrogens is 366 g/mol. The van der Waals surface area contributed by atoms with Crippen LogP contribution < -0.4 is 4.90 Å². The van der Waals surface area contributed by atoms with Gasteiger partial charge in [0.05, 0.1) is 13.2 Å². The molecule has 0 aliphatic carbocycles. The standard InChI is InChI=1S/C16H14F2N4OS2/c17-11-2-1-10(7-12(11)18)8-24-15-13-14(19-9-20-15)21-16(25-13)22-3-5-23-6-4-22/h1-2,7,9H,3-6,8H2. The minimum absolute atomic E-state index is 0.494. The monoisotopic (exact) mass is 380 g/mol. The molecule has 0 unspecified atom stereocenters. The molecule has 130 valence electrons. The molecule has 4 rings (SSSR count). The van der Waals surface area contributed by atoms with Crippen molar-refractivity contribution in [2.45, 2.75) is 10.8 Å². The summed E-state index contributed by atoms with van der Waals surface area (Å²) in [4.78, 5) is 15.3. The number of morpholine rings is 1. The second kappa shape index (κ2) is 7.19. The largest absolute Gasteiger partial charge is 0.378 e. The Morgan fingerprint density at radius 2 is 2.00 bits per heavy atom. The Kier molecular flexibility index (Phi) is 4.78. The molecule has 2 aromatic heterocycles. The van der Waals surface area contributed by atoms with Crippen molar-refractivity contribution in [2.75, 3.05) is 31.2 Å². The van der Waals surface area contributed by atoms with Gasteiger partial charge < -0.3 is 9.64 Å². The molecule has 9 heteroatoms. The van der Waals surface area contributed by atoms with E-state index in [4.69, 9.17) is 4.74 Å². The number of thiazole rings is 1. The Balaban J connectivity index is 1.56. The molecule has 1 aliphatic rings. The van der Waals surface area contributed by atoms with Crippen molar-refractivity contribution in [3.63, 3.8) is 0 Å². The summed E-state index contributed by atoms with van der Waals surface area (Å²) in [6.07, 6.45) is 1.48. The van der Waals surface area contributed by atoms with Crippen molar-refractivity contribution < 1.29 is 13.5 Å². The number of anilines is 1. The predicted octanol–water partition coefficient (Wildman–Crippen LogP) is 3.49. The summed E-state index contributed by atoms with van der Waals surface area (Å²) >= 11 is 3.02. The highest BCUT2D eigenvalue weighted by Gasteiger charge is 2.18. The molecule has 0 atom stereocenters. The molecule has 0 saturated carbocycles. The number of aromatic nitrogens is 3. The predicted molar refractivity (Wildman–Crippen MR) is 94.2 cm³/mol. The van der Waals surface area contributed by atoms with Gasteiger partial charge >= 0.3 is 0 Å². The summed E-state index contributed by atoms with van der Waals surface area (Å²) in [7, 11) is 0. The fourth-order valence-electron chi connectivity index (χ4n) is 2.50. The molecule has 0 bridgehead atoms. The second-order valence-corrected chi connectivity index (χ2v) is 7.41. The van der Waals surface area contributed by atoms with Crippen molar-refractivity contribution in [2.24, 2.45) is 0 Å². The van der Waals surface area contributed by atoms with Crippen LogP contribution in [0.5, 0.6) is 0 Å². The molecule has 3 heterocycles. The van der Waals surface area contributed by atoms with E-state index < -0.39 is 11.6 Å². The number of hydrogen-bond donors (Lipinski definition) is 0. The van der Waals surface area contributed by atoms with Gasteiger partial charge in [-0.2, -0.15) is 4.98 Å². The van der Waals surface area contributed by atoms with E-state index in [0.29, 0.717) is 30.2 Å². The summed E-state index contributed by atoms with van der Waals surface area (Å²) in [6, 6.07) is 3.94. The molecule has 0 amide bonds. The summed E-state index contributed by atoms with van der Waals surface area (Å²) in [6.45, 7) is 3.01. The molecule has 3 aromatic rings. The Bertz CT molecular complexity index is 899. The summed E-state index contributed by atoms with van der Waals surface area (Å²) < 4.78 is 32.6. The molecule has 1 saturated heterocycles. The highest BCUT2D eigenvalue weighted by Crippen LogP contribution is 2.35. The molecule has 0 radical (unpaired) electrons. The third kappa shape index (κ3) is 3.58. The first kappa shape index (κ1) is 16.6. The van der Waals surface area contributed by atoms with Crippen LogP contribution in [0.25, 0.3) is 10.3 Å². The number of ether oxygens (including phenoxy) is 1. The van der Waals surface area contributed by atoms with Gasteiger partial charge in [0.2, 0.25) is 0 Å². The van der Waals surface area contributed by atoms with Crippen LogP contribution in [-0.4, -0.2) is 41.3 Å². The molecule has 25 heavy (non-hydrogen) atoms. The van der Waals surface area contributed by atoms with E-state index >= 15 is 0 Å². The van der Waals surface area contributed by atoms with Gasteiger partial charge in [-0.15, -0.1) is 11.8 Å². The minimum atomic E-state index is -0.837. The fourth-order valence-corrected chi connectivity index (χ4v) is 4.58. The Morgan fingerprint density at radius 3 is 2.80 bits per heavy atom. The van der Waals surface area contributed by atoms with E-state index in [-0.39, 0.29) is 0 Å². The molecule has 0 N–H and O–H groups in total. The van der Waals surface area contributed by atoms with Gasteiger partial charge in [-0.3, -0.25) is 0 Å². The molecule has 1 aromatic carbocycles. The smallest absolute Gasteiger partial charge is 0.188 e. The highest BCUT2D eigenvalue weighted by molar-refractivity contribution is 7.98. The van der Waals surface area contributed by atoms with Crippen LogP contribution in [0.2, 0.25) is 0 Å². The molecule has 0 spiro atoms. The summed E-state index contributed by atoms with van der Waals surface area (Å²) in [5.41, 5.74) is 1.36. The van der Waals surface area contributed by atoms with Crippen molar-refractivity contribution in [1.82, 2.24) is 15.0 Å². The van der Waals surface area contributed by atoms with Crippen molar-refractivity contribution in [1.29, 1.82) is 0 Å². The second-order valence-electron chi connectivity index (χ2n) is 5.46. The van der Waals surface area contributed by atoms with E-state index in [0.717, 1.165) is 34.0 Å². The van der Waals surface area contributed by atoms with Crippen LogP contribution in [0.1, 0.15) is 5.56 Å². The maximum atomic E-state index is 13.3. The van der Waals surface area contributed by atoms with Gasteiger partial charge in [0.15, 0.2) is 22.4 Å². The third-order valence-corrected chi connectivity index (χ3v) is 6.09. The zero-order valence-corrected chi connectivity index (χ0v) is 14.7. The number of halogens is 2. The Hall–Kier alpha value is -1.84. The molecular formula is C16H14F2N4OS2. The number of benzene rings is 1. The van der Waals surface area contributed by atoms with Crippen LogP contribution in [0.3, 0.4) is 0 Å². The lowest BCUT2D eigenvalue weighted by Crippen LogP contribution is -2.36. The van der Waals surface area contributed by atoms with Gasteiger partial charge in [-0.05, 0) is 17.7 Å². The Morgan fingerprint density at radius 1 is 1.16 bits per heavy atom. The van der Waals surface area contributed by atoms with Crippen LogP contribution >= 0.6 is 23.1 Å². The number of fused-ring (bicyclic) bond motifs is 1. The van der Waals surface area contributed by atoms with E-state index in [1.807, 2.05) is 0 Å². The summed E-state index contributed by atoms with van der Waals surface area (Å²) in [5, 5.41) is 1.71. The van der Waals surface area contributed by atoms with Crippen LogP contribution in [0.4, 0.5) is 13.9 Å². The van der Waals surface area contributed by atoms with Crippen LogP contribution in [0.15, 0.2) is 29.6 Å². The highest BCUT2D eigenvalue weighted by atomic mass is 32.2. The normalized spacial score (nSPS) is 15.0. The fraction of sp³-hybridized carbons (Fsp3) is 0.312. The van der Waals surface area contributed by atoms with Crippen molar-refractivity contribution in [3.8, 4) is 0 Å². The minimum Gasteiger partial charge on any atom is -0.378 e. The zero-order valence-electron chi connectivity index (χ0n) is 13.1. The van der Waals surface area contributed by atoms with E-state index in [1.165, 1.54) is 24.2 Å². The first-order chi connectivity index (χ1) is 12.2. The van der Waals surface area contributed by atoms with Crippen molar-refractivity contribution in [3.05, 3.63) is 41.7 Å². The first-order valence-corrected chi connectivity index (χ1v) is 9.52. The summed E-state index contributed by atoms with van der Waals surface area (Å²) in [5.74, 6) is -1.18. The average molecular weight is 380 g/mol. The third-order valence-electron chi connectivity index (χ3n) is 3.79. The van der Waals surface area contributed by atoms with E-state index in [1.54, 1.807) is 17.4 Å². The SMILES string of the molecule is Fc1ccc(CSc2ncnc3nc(N4CCOCC4)sc23)cc1F. The molecule has 1 fully saturated rings. The lowest BCUT2D eigenvalue weighted by Gasteiger charge is -2.25. The molecule has 1 aliphatic heterocycles. The van der Waals surface area contributed by atoms with E-state index in [2.05, 4.69) is 19.9 Å². The van der Waals surface area contributed by atoms with Gasteiger partial charge in [-0.1, -0.05) is 17.4 Å². The lowest BCUT2D eigenvalue weighted by molar-refractivity contribution is 0.122. The van der Waals surface area contributed by atoms with Crippen LogP contribution in [0, 0.1) is 11.6 Å². The number of thioether (sulfide) groups is 1. The van der Waals surface area contributed by atoms with Gasteiger partial charge in [-0.25, -0.2) is 18.7 Å². The van der Waals surface area contributed by atoms with E-state index in [9.17, 15) is 8.78 Å². The topological polar surface area (TPSA) is 51.1 Å². The molecule has 5 nitrogen and oxygen atoms in total. The van der Waals surface area contributed by atoms with Gasteiger partial charge in [0, 0.05) is 18.8 Å². The number of rotatable bonds is 4. The van der Waals surface area contributed by atoms with Gasteiger partial charge in [0.1, 0.15) is 16.1 Å². The average Bonchev–Trinajstić information content (AvgIpc) is 3.08. The number of hydrogen-bond acceptors (Lipinski definition) is 7. The van der Waals surface area contributed by atoms with Crippen molar-refractivity contribution >= 4 is 38.6 Å². The first-order valence-electron chi connectivity index (χ1n) is 7.71. The quantitative estimate of drug-likeness (QED) is 0.510. The van der Waals surface area contributed by atoms with Crippen LogP contribution in [-0.2, 0) is 10.5 Å². The maximum Gasteiger partial charge on any atom is 0.188 e. The van der Waals surface area contributed by atoms with Gasteiger partial charge in [0.25, 0.3) is 0 Å². The Labute approximate surface area is 151 Å². The number of nitrogens with zero attached hydrogens (tertiary/aromatic N) is 4.